The minimum atomic E-state index is -0.499. The quantitative estimate of drug-likeness (QED) is 0.651. The Labute approximate surface area is 167 Å². The standard InChI is InChI=1S/C23H30N2O3/c1-5-17-10-9-11-18(6-2)22(17)24-21(26)16-28-23(27)19-12-14-20(15-13-19)25(7-3)8-4/h9-15H,5-8,16H2,1-4H3,(H,24,26). The number of hydrogen-bond donors (Lipinski definition) is 1. The predicted octanol–water partition coefficient (Wildman–Crippen LogP) is 4.45. The van der Waals surface area contributed by atoms with Gasteiger partial charge >= 0.3 is 5.97 Å². The van der Waals surface area contributed by atoms with Crippen LogP contribution in [0.1, 0.15) is 49.2 Å². The maximum atomic E-state index is 12.3. The average Bonchev–Trinajstić information content (AvgIpc) is 2.73. The second-order valence-electron chi connectivity index (χ2n) is 6.50. The van der Waals surface area contributed by atoms with Crippen molar-refractivity contribution in [2.75, 3.05) is 29.9 Å². The molecule has 5 heteroatoms. The zero-order chi connectivity index (χ0) is 20.5. The Kier molecular flexibility index (Phi) is 8.05. The van der Waals surface area contributed by atoms with E-state index in [4.69, 9.17) is 4.74 Å². The summed E-state index contributed by atoms with van der Waals surface area (Å²) in [5, 5.41) is 2.90. The molecule has 0 bridgehead atoms. The maximum Gasteiger partial charge on any atom is 0.338 e. The minimum Gasteiger partial charge on any atom is -0.452 e. The number of anilines is 2. The summed E-state index contributed by atoms with van der Waals surface area (Å²) >= 11 is 0. The fourth-order valence-corrected chi connectivity index (χ4v) is 3.19. The van der Waals surface area contributed by atoms with Crippen LogP contribution in [0.3, 0.4) is 0 Å². The number of nitrogens with zero attached hydrogens (tertiary/aromatic N) is 1. The van der Waals surface area contributed by atoms with E-state index in [9.17, 15) is 9.59 Å². The Bertz CT molecular complexity index is 774. The molecule has 2 rings (SSSR count). The summed E-state index contributed by atoms with van der Waals surface area (Å²) in [4.78, 5) is 26.8. The maximum absolute atomic E-state index is 12.3. The van der Waals surface area contributed by atoms with Gasteiger partial charge in [-0.2, -0.15) is 0 Å². The molecule has 2 aromatic rings. The molecule has 2 aromatic carbocycles. The van der Waals surface area contributed by atoms with Crippen LogP contribution in [0, 0.1) is 0 Å². The number of amides is 1. The van der Waals surface area contributed by atoms with Gasteiger partial charge in [-0.15, -0.1) is 0 Å². The summed E-state index contributed by atoms with van der Waals surface area (Å²) in [6.45, 7) is 9.77. The van der Waals surface area contributed by atoms with Crippen LogP contribution in [-0.2, 0) is 22.4 Å². The van der Waals surface area contributed by atoms with Crippen LogP contribution in [0.25, 0.3) is 0 Å². The first kappa shape index (κ1) is 21.5. The van der Waals surface area contributed by atoms with Gasteiger partial charge in [-0.3, -0.25) is 4.79 Å². The third kappa shape index (κ3) is 5.35. The normalized spacial score (nSPS) is 10.4. The lowest BCUT2D eigenvalue weighted by Crippen LogP contribution is -2.23. The monoisotopic (exact) mass is 382 g/mol. The zero-order valence-corrected chi connectivity index (χ0v) is 17.2. The van der Waals surface area contributed by atoms with Gasteiger partial charge in [0.1, 0.15) is 0 Å². The van der Waals surface area contributed by atoms with Crippen molar-refractivity contribution in [2.45, 2.75) is 40.5 Å². The van der Waals surface area contributed by atoms with Crippen LogP contribution in [0.2, 0.25) is 0 Å². The van der Waals surface area contributed by atoms with Gasteiger partial charge in [0.15, 0.2) is 6.61 Å². The molecule has 0 aliphatic heterocycles. The van der Waals surface area contributed by atoms with Crippen molar-refractivity contribution in [2.24, 2.45) is 0 Å². The van der Waals surface area contributed by atoms with E-state index >= 15 is 0 Å². The Morgan fingerprint density at radius 1 is 0.893 bits per heavy atom. The van der Waals surface area contributed by atoms with Gasteiger partial charge in [-0.25, -0.2) is 4.79 Å². The highest BCUT2D eigenvalue weighted by molar-refractivity contribution is 5.96. The largest absolute Gasteiger partial charge is 0.452 e. The fraction of sp³-hybridized carbons (Fsp3) is 0.391. The summed E-state index contributed by atoms with van der Waals surface area (Å²) in [5.74, 6) is -0.829. The third-order valence-electron chi connectivity index (χ3n) is 4.83. The number of nitrogens with one attached hydrogen (secondary N) is 1. The molecule has 0 unspecified atom stereocenters. The van der Waals surface area contributed by atoms with E-state index in [0.717, 1.165) is 48.4 Å². The number of carbonyl (C=O) groups is 2. The van der Waals surface area contributed by atoms with Gasteiger partial charge in [0.2, 0.25) is 0 Å². The van der Waals surface area contributed by atoms with Crippen molar-refractivity contribution >= 4 is 23.3 Å². The Morgan fingerprint density at radius 2 is 1.46 bits per heavy atom. The number of benzene rings is 2. The van der Waals surface area contributed by atoms with Gasteiger partial charge < -0.3 is 15.0 Å². The van der Waals surface area contributed by atoms with Crippen molar-refractivity contribution in [1.29, 1.82) is 0 Å². The van der Waals surface area contributed by atoms with Crippen LogP contribution in [0.4, 0.5) is 11.4 Å². The lowest BCUT2D eigenvalue weighted by Gasteiger charge is -2.20. The van der Waals surface area contributed by atoms with Crippen molar-refractivity contribution in [1.82, 2.24) is 0 Å². The summed E-state index contributed by atoms with van der Waals surface area (Å²) in [5.41, 5.74) is 4.48. The molecule has 0 heterocycles. The van der Waals surface area contributed by atoms with Crippen molar-refractivity contribution < 1.29 is 14.3 Å². The van der Waals surface area contributed by atoms with E-state index in [0.29, 0.717) is 5.56 Å². The van der Waals surface area contributed by atoms with Gasteiger partial charge in [-0.05, 0) is 62.1 Å². The van der Waals surface area contributed by atoms with E-state index in [1.54, 1.807) is 12.1 Å². The van der Waals surface area contributed by atoms with E-state index in [2.05, 4.69) is 24.1 Å². The van der Waals surface area contributed by atoms with Crippen LogP contribution < -0.4 is 10.2 Å². The highest BCUT2D eigenvalue weighted by Crippen LogP contribution is 2.22. The van der Waals surface area contributed by atoms with Crippen LogP contribution in [0.15, 0.2) is 42.5 Å². The molecule has 0 aliphatic carbocycles. The first-order chi connectivity index (χ1) is 13.5. The molecule has 28 heavy (non-hydrogen) atoms. The molecule has 0 spiro atoms. The molecule has 150 valence electrons. The van der Waals surface area contributed by atoms with Crippen LogP contribution in [0.5, 0.6) is 0 Å². The number of para-hydroxylation sites is 1. The minimum absolute atomic E-state index is 0.308. The predicted molar refractivity (Wildman–Crippen MR) is 114 cm³/mol. The highest BCUT2D eigenvalue weighted by Gasteiger charge is 2.14. The van der Waals surface area contributed by atoms with Gasteiger partial charge in [0.05, 0.1) is 5.56 Å². The molecule has 5 nitrogen and oxygen atoms in total. The molecule has 0 aliphatic rings. The van der Waals surface area contributed by atoms with Crippen molar-refractivity contribution in [3.8, 4) is 0 Å². The molecular weight excluding hydrogens is 352 g/mol. The van der Waals surface area contributed by atoms with E-state index < -0.39 is 5.97 Å². The van der Waals surface area contributed by atoms with Crippen LogP contribution in [-0.4, -0.2) is 31.6 Å². The summed E-state index contributed by atoms with van der Waals surface area (Å²) in [7, 11) is 0. The molecular formula is C23H30N2O3. The first-order valence-electron chi connectivity index (χ1n) is 9.96. The second kappa shape index (κ2) is 10.5. The SMILES string of the molecule is CCc1cccc(CC)c1NC(=O)COC(=O)c1ccc(N(CC)CC)cc1. The van der Waals surface area contributed by atoms with E-state index in [1.165, 1.54) is 0 Å². The molecule has 0 saturated carbocycles. The molecule has 0 radical (unpaired) electrons. The number of hydrogen-bond acceptors (Lipinski definition) is 4. The van der Waals surface area contributed by atoms with E-state index in [1.807, 2.05) is 44.2 Å². The smallest absolute Gasteiger partial charge is 0.338 e. The first-order valence-corrected chi connectivity index (χ1v) is 9.96. The molecule has 0 fully saturated rings. The topological polar surface area (TPSA) is 58.6 Å². The molecule has 1 N–H and O–H groups in total. The Balaban J connectivity index is 1.97. The lowest BCUT2D eigenvalue weighted by atomic mass is 10.0. The summed E-state index contributed by atoms with van der Waals surface area (Å²) < 4.78 is 5.20. The molecule has 1 amide bonds. The number of ether oxygens (including phenoxy) is 1. The second-order valence-corrected chi connectivity index (χ2v) is 6.50. The van der Waals surface area contributed by atoms with Gasteiger partial charge in [0.25, 0.3) is 5.91 Å². The van der Waals surface area contributed by atoms with E-state index in [-0.39, 0.29) is 12.5 Å². The van der Waals surface area contributed by atoms with Gasteiger partial charge in [-0.1, -0.05) is 32.0 Å². The van der Waals surface area contributed by atoms with Crippen LogP contribution >= 0.6 is 0 Å². The summed E-state index contributed by atoms with van der Waals surface area (Å²) in [6, 6.07) is 13.2. The average molecular weight is 383 g/mol. The summed E-state index contributed by atoms with van der Waals surface area (Å²) in [6.07, 6.45) is 1.64. The van der Waals surface area contributed by atoms with Crippen molar-refractivity contribution in [3.63, 3.8) is 0 Å². The number of carbonyl (C=O) groups excluding carboxylic acids is 2. The number of aryl methyl sites for hydroxylation is 2. The lowest BCUT2D eigenvalue weighted by molar-refractivity contribution is -0.119. The van der Waals surface area contributed by atoms with Gasteiger partial charge in [0, 0.05) is 24.5 Å². The fourth-order valence-electron chi connectivity index (χ4n) is 3.19. The van der Waals surface area contributed by atoms with Crippen molar-refractivity contribution in [3.05, 3.63) is 59.2 Å². The Morgan fingerprint density at radius 3 is 1.96 bits per heavy atom. The highest BCUT2D eigenvalue weighted by atomic mass is 16.5. The molecule has 0 atom stereocenters. The number of esters is 1. The molecule has 0 aromatic heterocycles. The molecule has 0 saturated heterocycles. The zero-order valence-electron chi connectivity index (χ0n) is 17.2. The third-order valence-corrected chi connectivity index (χ3v) is 4.83. The number of rotatable bonds is 9. The Hall–Kier alpha value is -2.82.